The van der Waals surface area contributed by atoms with Crippen molar-refractivity contribution in [2.24, 2.45) is 0 Å². The van der Waals surface area contributed by atoms with Crippen LogP contribution in [0, 0.1) is 6.92 Å². The molecule has 8 nitrogen and oxygen atoms in total. The van der Waals surface area contributed by atoms with Crippen LogP contribution >= 0.6 is 0 Å². The van der Waals surface area contributed by atoms with Gasteiger partial charge in [0, 0.05) is 19.3 Å². The minimum atomic E-state index is -0.484. The average Bonchev–Trinajstić information content (AvgIpc) is 2.91. The molecule has 3 rings (SSSR count). The van der Waals surface area contributed by atoms with Gasteiger partial charge in [-0.3, -0.25) is 9.59 Å². The highest BCUT2D eigenvalue weighted by Gasteiger charge is 2.31. The second kappa shape index (κ2) is 4.55. The van der Waals surface area contributed by atoms with Gasteiger partial charge in [-0.05, 0) is 13.8 Å². The standard InChI is InChI=1S/C12H14N6O2/c1-7-9(5-14-12-15-6-16-18(7)12)11(20)17-4-3-13-10(19)8(17)2/h5-6,8H,3-4H2,1-2H3,(H,13,19). The molecule has 1 atom stereocenters. The molecule has 0 saturated carbocycles. The highest BCUT2D eigenvalue weighted by atomic mass is 16.2. The molecule has 1 aliphatic heterocycles. The van der Waals surface area contributed by atoms with E-state index in [-0.39, 0.29) is 11.8 Å². The average molecular weight is 274 g/mol. The summed E-state index contributed by atoms with van der Waals surface area (Å²) in [5.74, 6) is 0.0929. The van der Waals surface area contributed by atoms with Gasteiger partial charge in [0.2, 0.25) is 5.91 Å². The maximum atomic E-state index is 12.6. The van der Waals surface area contributed by atoms with Gasteiger partial charge in [-0.1, -0.05) is 0 Å². The third-order valence-electron chi connectivity index (χ3n) is 3.54. The first-order chi connectivity index (χ1) is 9.59. The third kappa shape index (κ3) is 1.80. The first-order valence-electron chi connectivity index (χ1n) is 6.33. The number of carbonyl (C=O) groups excluding carboxylic acids is 2. The number of nitrogens with zero attached hydrogens (tertiary/aromatic N) is 5. The molecule has 2 aromatic heterocycles. The van der Waals surface area contributed by atoms with Crippen molar-refractivity contribution in [2.45, 2.75) is 19.9 Å². The fourth-order valence-electron chi connectivity index (χ4n) is 2.31. The lowest BCUT2D eigenvalue weighted by Gasteiger charge is -2.33. The van der Waals surface area contributed by atoms with Crippen LogP contribution in [0.15, 0.2) is 12.5 Å². The Morgan fingerprint density at radius 2 is 2.25 bits per heavy atom. The number of fused-ring (bicyclic) bond motifs is 1. The molecule has 1 aliphatic rings. The van der Waals surface area contributed by atoms with Gasteiger partial charge in [-0.25, -0.2) is 9.50 Å². The molecular weight excluding hydrogens is 260 g/mol. The first kappa shape index (κ1) is 12.5. The smallest absolute Gasteiger partial charge is 0.258 e. The van der Waals surface area contributed by atoms with E-state index < -0.39 is 6.04 Å². The number of piperazine rings is 1. The highest BCUT2D eigenvalue weighted by Crippen LogP contribution is 2.14. The van der Waals surface area contributed by atoms with Gasteiger partial charge in [0.15, 0.2) is 0 Å². The Hall–Kier alpha value is -2.51. The first-order valence-corrected chi connectivity index (χ1v) is 6.33. The van der Waals surface area contributed by atoms with Crippen molar-refractivity contribution in [1.82, 2.24) is 29.8 Å². The van der Waals surface area contributed by atoms with Crippen molar-refractivity contribution in [3.05, 3.63) is 23.8 Å². The van der Waals surface area contributed by atoms with Gasteiger partial charge >= 0.3 is 0 Å². The molecule has 2 aromatic rings. The minimum Gasteiger partial charge on any atom is -0.353 e. The summed E-state index contributed by atoms with van der Waals surface area (Å²) in [6.45, 7) is 4.45. The number of hydrogen-bond donors (Lipinski definition) is 1. The molecule has 0 aliphatic carbocycles. The molecular formula is C12H14N6O2. The third-order valence-corrected chi connectivity index (χ3v) is 3.54. The molecule has 1 saturated heterocycles. The van der Waals surface area contributed by atoms with Crippen LogP contribution in [0.2, 0.25) is 0 Å². The molecule has 0 spiro atoms. The lowest BCUT2D eigenvalue weighted by molar-refractivity contribution is -0.127. The topological polar surface area (TPSA) is 92.5 Å². The molecule has 2 amide bonds. The number of nitrogens with one attached hydrogen (secondary N) is 1. The quantitative estimate of drug-likeness (QED) is 0.749. The molecule has 0 aromatic carbocycles. The molecule has 20 heavy (non-hydrogen) atoms. The summed E-state index contributed by atoms with van der Waals surface area (Å²) in [7, 11) is 0. The summed E-state index contributed by atoms with van der Waals surface area (Å²) in [6.07, 6.45) is 2.88. The summed E-state index contributed by atoms with van der Waals surface area (Å²) >= 11 is 0. The van der Waals surface area contributed by atoms with E-state index in [0.29, 0.717) is 30.1 Å². The molecule has 8 heteroatoms. The van der Waals surface area contributed by atoms with Gasteiger partial charge in [-0.15, -0.1) is 0 Å². The summed E-state index contributed by atoms with van der Waals surface area (Å²) in [5.41, 5.74) is 1.10. The SMILES string of the molecule is Cc1c(C(=O)N2CCNC(=O)C2C)cnc2ncnn12. The van der Waals surface area contributed by atoms with E-state index >= 15 is 0 Å². The van der Waals surface area contributed by atoms with Gasteiger partial charge in [0.05, 0.1) is 11.3 Å². The normalized spacial score (nSPS) is 19.2. The Morgan fingerprint density at radius 3 is 3.05 bits per heavy atom. The van der Waals surface area contributed by atoms with Crippen LogP contribution < -0.4 is 5.32 Å². The monoisotopic (exact) mass is 274 g/mol. The largest absolute Gasteiger partial charge is 0.353 e. The van der Waals surface area contributed by atoms with E-state index in [1.165, 1.54) is 17.0 Å². The predicted molar refractivity (Wildman–Crippen MR) is 69.0 cm³/mol. The van der Waals surface area contributed by atoms with Crippen molar-refractivity contribution < 1.29 is 9.59 Å². The van der Waals surface area contributed by atoms with Crippen LogP contribution in [0.1, 0.15) is 23.0 Å². The molecule has 1 unspecified atom stereocenters. The summed E-state index contributed by atoms with van der Waals surface area (Å²) in [6, 6.07) is -0.484. The van der Waals surface area contributed by atoms with E-state index in [1.807, 2.05) is 0 Å². The summed E-state index contributed by atoms with van der Waals surface area (Å²) in [5, 5.41) is 6.77. The lowest BCUT2D eigenvalue weighted by atomic mass is 10.1. The van der Waals surface area contributed by atoms with Crippen molar-refractivity contribution >= 4 is 17.6 Å². The van der Waals surface area contributed by atoms with Gasteiger partial charge in [-0.2, -0.15) is 10.1 Å². The Bertz CT molecular complexity index is 694. The zero-order valence-corrected chi connectivity index (χ0v) is 11.2. The minimum absolute atomic E-state index is 0.142. The molecule has 1 fully saturated rings. The van der Waals surface area contributed by atoms with E-state index in [1.54, 1.807) is 18.7 Å². The zero-order chi connectivity index (χ0) is 14.3. The Kier molecular flexibility index (Phi) is 2.85. The van der Waals surface area contributed by atoms with Crippen LogP contribution in [0.3, 0.4) is 0 Å². The summed E-state index contributed by atoms with van der Waals surface area (Å²) in [4.78, 5) is 33.9. The van der Waals surface area contributed by atoms with E-state index in [4.69, 9.17) is 0 Å². The second-order valence-corrected chi connectivity index (χ2v) is 4.69. The maximum Gasteiger partial charge on any atom is 0.258 e. The van der Waals surface area contributed by atoms with Crippen molar-refractivity contribution in [2.75, 3.05) is 13.1 Å². The van der Waals surface area contributed by atoms with Crippen molar-refractivity contribution in [3.63, 3.8) is 0 Å². The number of carbonyl (C=O) groups is 2. The van der Waals surface area contributed by atoms with E-state index in [2.05, 4.69) is 20.4 Å². The zero-order valence-electron chi connectivity index (χ0n) is 11.2. The summed E-state index contributed by atoms with van der Waals surface area (Å²) < 4.78 is 1.52. The predicted octanol–water partition coefficient (Wildman–Crippen LogP) is -0.607. The van der Waals surface area contributed by atoms with Crippen LogP contribution in [-0.2, 0) is 4.79 Å². The van der Waals surface area contributed by atoms with Crippen LogP contribution in [-0.4, -0.2) is 55.4 Å². The Balaban J connectivity index is 1.99. The van der Waals surface area contributed by atoms with Crippen molar-refractivity contribution in [1.29, 1.82) is 0 Å². The number of aryl methyl sites for hydroxylation is 1. The number of amides is 2. The van der Waals surface area contributed by atoms with Gasteiger partial charge in [0.25, 0.3) is 11.7 Å². The fraction of sp³-hybridized carbons (Fsp3) is 0.417. The molecule has 3 heterocycles. The number of aromatic nitrogens is 4. The van der Waals surface area contributed by atoms with Crippen LogP contribution in [0.25, 0.3) is 5.78 Å². The van der Waals surface area contributed by atoms with Crippen LogP contribution in [0.5, 0.6) is 0 Å². The Morgan fingerprint density at radius 1 is 1.45 bits per heavy atom. The van der Waals surface area contributed by atoms with Gasteiger partial charge < -0.3 is 10.2 Å². The lowest BCUT2D eigenvalue weighted by Crippen LogP contribution is -2.56. The highest BCUT2D eigenvalue weighted by molar-refractivity contribution is 5.98. The van der Waals surface area contributed by atoms with Crippen LogP contribution in [0.4, 0.5) is 0 Å². The maximum absolute atomic E-state index is 12.6. The Labute approximate surface area is 114 Å². The number of hydrogen-bond acceptors (Lipinski definition) is 5. The van der Waals surface area contributed by atoms with E-state index in [0.717, 1.165) is 0 Å². The molecule has 104 valence electrons. The fourth-order valence-corrected chi connectivity index (χ4v) is 2.31. The van der Waals surface area contributed by atoms with Crippen molar-refractivity contribution in [3.8, 4) is 0 Å². The molecule has 0 bridgehead atoms. The molecule has 1 N–H and O–H groups in total. The van der Waals surface area contributed by atoms with Gasteiger partial charge in [0.1, 0.15) is 12.4 Å². The second-order valence-electron chi connectivity index (χ2n) is 4.69. The molecule has 0 radical (unpaired) electrons. The number of rotatable bonds is 1. The van der Waals surface area contributed by atoms with E-state index in [9.17, 15) is 9.59 Å².